The summed E-state index contributed by atoms with van der Waals surface area (Å²) in [7, 11) is 0. The average Bonchev–Trinajstić information content (AvgIpc) is 3.08. The Kier molecular flexibility index (Phi) is 10.6. The lowest BCUT2D eigenvalue weighted by atomic mass is 9.91. The molecule has 3 nitrogen and oxygen atoms in total. The van der Waals surface area contributed by atoms with E-state index in [4.69, 9.17) is 4.74 Å². The minimum atomic E-state index is -0.0391. The molecule has 0 radical (unpaired) electrons. The van der Waals surface area contributed by atoms with Gasteiger partial charge in [0.25, 0.3) is 0 Å². The number of nitrogens with zero attached hydrogens (tertiary/aromatic N) is 2. The van der Waals surface area contributed by atoms with E-state index in [1.54, 1.807) is 0 Å². The maximum absolute atomic E-state index is 6.57. The maximum Gasteiger partial charge on any atom is 0.246 e. The van der Waals surface area contributed by atoms with E-state index >= 15 is 0 Å². The second-order valence-electron chi connectivity index (χ2n) is 8.04. The predicted molar refractivity (Wildman–Crippen MR) is 112 cm³/mol. The first-order valence-electron chi connectivity index (χ1n) is 10.4. The molecule has 1 unspecified atom stereocenters. The minimum absolute atomic E-state index is 0. The number of imidazole rings is 1. The first-order valence-corrected chi connectivity index (χ1v) is 10.4. The van der Waals surface area contributed by atoms with Crippen LogP contribution in [0.1, 0.15) is 66.2 Å². The van der Waals surface area contributed by atoms with Crippen LogP contribution in [-0.2, 0) is 17.7 Å². The van der Waals surface area contributed by atoms with Crippen molar-refractivity contribution in [3.63, 3.8) is 0 Å². The van der Waals surface area contributed by atoms with E-state index in [9.17, 15) is 0 Å². The van der Waals surface area contributed by atoms with Crippen molar-refractivity contribution >= 4 is 0 Å². The second kappa shape index (κ2) is 12.1. The Labute approximate surface area is 182 Å². The maximum atomic E-state index is 6.57. The van der Waals surface area contributed by atoms with Crippen LogP contribution < -0.4 is 21.5 Å². The van der Waals surface area contributed by atoms with Gasteiger partial charge in [-0.05, 0) is 36.3 Å². The summed E-state index contributed by atoms with van der Waals surface area (Å²) < 4.78 is 11.0. The zero-order valence-corrected chi connectivity index (χ0v) is 19.9. The summed E-state index contributed by atoms with van der Waals surface area (Å²) in [6.45, 7) is 14.4. The summed E-state index contributed by atoms with van der Waals surface area (Å²) in [5.74, 6) is 2.04. The highest BCUT2D eigenvalue weighted by molar-refractivity contribution is 5.16. The van der Waals surface area contributed by atoms with Crippen molar-refractivity contribution in [3.8, 4) is 0 Å². The Morgan fingerprint density at radius 2 is 1.71 bits per heavy atom. The van der Waals surface area contributed by atoms with Crippen LogP contribution in [0.15, 0.2) is 60.4 Å². The Morgan fingerprint density at radius 1 is 1.07 bits per heavy atom. The molecule has 0 fully saturated rings. The molecule has 0 aliphatic rings. The fourth-order valence-electron chi connectivity index (χ4n) is 3.83. The van der Waals surface area contributed by atoms with Gasteiger partial charge in [0.2, 0.25) is 12.6 Å². The van der Waals surface area contributed by atoms with Gasteiger partial charge in [-0.25, -0.2) is 4.57 Å². The molecule has 4 heteroatoms. The Bertz CT molecular complexity index is 709. The van der Waals surface area contributed by atoms with Crippen LogP contribution in [0.4, 0.5) is 0 Å². The monoisotopic (exact) mass is 448 g/mol. The molecule has 0 saturated heterocycles. The lowest BCUT2D eigenvalue weighted by Crippen LogP contribution is -3.00. The van der Waals surface area contributed by atoms with Gasteiger partial charge in [-0.3, -0.25) is 0 Å². The third kappa shape index (κ3) is 7.12. The van der Waals surface area contributed by atoms with Gasteiger partial charge in [-0.2, -0.15) is 4.57 Å². The number of unbranched alkanes of at least 4 members (excludes halogenated alkanes) is 1. The van der Waals surface area contributed by atoms with E-state index < -0.39 is 0 Å². The third-order valence-corrected chi connectivity index (χ3v) is 5.03. The van der Waals surface area contributed by atoms with Crippen LogP contribution in [0.2, 0.25) is 0 Å². The smallest absolute Gasteiger partial charge is 0.246 e. The highest BCUT2D eigenvalue weighted by atomic mass is 79.9. The molecule has 2 rings (SSSR count). The predicted octanol–water partition coefficient (Wildman–Crippen LogP) is 2.92. The van der Waals surface area contributed by atoms with Gasteiger partial charge in [-0.1, -0.05) is 71.4 Å². The Morgan fingerprint density at radius 3 is 2.29 bits per heavy atom. The fraction of sp³-hybridized carbons (Fsp3) is 0.542. The van der Waals surface area contributed by atoms with E-state index in [-0.39, 0.29) is 23.2 Å². The topological polar surface area (TPSA) is 18.0 Å². The minimum Gasteiger partial charge on any atom is -1.00 e. The summed E-state index contributed by atoms with van der Waals surface area (Å²) >= 11 is 0. The molecule has 1 atom stereocenters. The van der Waals surface area contributed by atoms with Crippen LogP contribution >= 0.6 is 0 Å². The molecule has 1 heterocycles. The number of aromatic nitrogens is 2. The molecular weight excluding hydrogens is 412 g/mol. The number of halogens is 1. The largest absolute Gasteiger partial charge is 1.00 e. The van der Waals surface area contributed by atoms with Crippen molar-refractivity contribution in [2.75, 3.05) is 0 Å². The van der Waals surface area contributed by atoms with E-state index in [1.807, 2.05) is 0 Å². The first-order chi connectivity index (χ1) is 12.9. The van der Waals surface area contributed by atoms with Crippen molar-refractivity contribution in [2.45, 2.75) is 73.6 Å². The van der Waals surface area contributed by atoms with E-state index in [0.29, 0.717) is 11.8 Å². The molecule has 0 saturated carbocycles. The van der Waals surface area contributed by atoms with Crippen LogP contribution in [0.5, 0.6) is 0 Å². The normalized spacial score (nSPS) is 12.0. The fourth-order valence-corrected chi connectivity index (χ4v) is 3.83. The zero-order valence-electron chi connectivity index (χ0n) is 18.4. The molecule has 156 valence electrons. The van der Waals surface area contributed by atoms with Gasteiger partial charge in [-0.15, -0.1) is 0 Å². The number of aryl methyl sites for hydroxylation is 1. The molecule has 28 heavy (non-hydrogen) atoms. The van der Waals surface area contributed by atoms with Crippen molar-refractivity contribution in [1.82, 2.24) is 4.57 Å². The summed E-state index contributed by atoms with van der Waals surface area (Å²) in [6, 6.07) is 10.6. The number of hydrogen-bond acceptors (Lipinski definition) is 1. The van der Waals surface area contributed by atoms with E-state index in [1.165, 1.54) is 24.0 Å². The molecule has 0 N–H and O–H groups in total. The molecule has 1 aromatic heterocycles. The molecule has 2 aromatic rings. The number of allylic oxidation sites excluding steroid dienone is 2. The van der Waals surface area contributed by atoms with E-state index in [0.717, 1.165) is 18.7 Å². The molecular formula is C24H37BrN2O. The molecule has 0 amide bonds. The first kappa shape index (κ1) is 24.5. The van der Waals surface area contributed by atoms with Crippen molar-refractivity contribution in [2.24, 2.45) is 11.8 Å². The van der Waals surface area contributed by atoms with Crippen molar-refractivity contribution in [1.29, 1.82) is 0 Å². The molecule has 0 aliphatic carbocycles. The lowest BCUT2D eigenvalue weighted by molar-refractivity contribution is -0.697. The van der Waals surface area contributed by atoms with Gasteiger partial charge in [0, 0.05) is 0 Å². The summed E-state index contributed by atoms with van der Waals surface area (Å²) in [5.41, 5.74) is 2.69. The van der Waals surface area contributed by atoms with Crippen LogP contribution in [0.3, 0.4) is 0 Å². The molecule has 0 bridgehead atoms. The van der Waals surface area contributed by atoms with Crippen LogP contribution in [-0.4, -0.2) is 4.57 Å². The van der Waals surface area contributed by atoms with Gasteiger partial charge in [0.05, 0.1) is 18.7 Å². The number of benzene rings is 1. The summed E-state index contributed by atoms with van der Waals surface area (Å²) in [5, 5.41) is 0. The van der Waals surface area contributed by atoms with Crippen LogP contribution in [0.25, 0.3) is 0 Å². The quantitative estimate of drug-likeness (QED) is 0.403. The number of hydrogen-bond donors (Lipinski definition) is 0. The van der Waals surface area contributed by atoms with Crippen LogP contribution in [0, 0.1) is 11.8 Å². The van der Waals surface area contributed by atoms with Gasteiger partial charge in [0.1, 0.15) is 12.4 Å². The highest BCUT2D eigenvalue weighted by Gasteiger charge is 2.22. The number of ether oxygens (including phenoxy) is 1. The van der Waals surface area contributed by atoms with Gasteiger partial charge >= 0.3 is 0 Å². The van der Waals surface area contributed by atoms with Crippen molar-refractivity contribution in [3.05, 3.63) is 65.9 Å². The second-order valence-corrected chi connectivity index (χ2v) is 8.04. The van der Waals surface area contributed by atoms with Crippen molar-refractivity contribution < 1.29 is 26.3 Å². The van der Waals surface area contributed by atoms with Gasteiger partial charge in [0.15, 0.2) is 0 Å². The zero-order chi connectivity index (χ0) is 19.8. The molecule has 0 aliphatic heterocycles. The third-order valence-electron chi connectivity index (χ3n) is 5.03. The van der Waals surface area contributed by atoms with E-state index in [2.05, 4.69) is 99.7 Å². The Hall–Kier alpha value is -1.55. The van der Waals surface area contributed by atoms with Gasteiger partial charge < -0.3 is 21.7 Å². The summed E-state index contributed by atoms with van der Waals surface area (Å²) in [6.07, 6.45) is 9.69. The summed E-state index contributed by atoms with van der Waals surface area (Å²) in [4.78, 5) is 0. The average molecular weight is 449 g/mol. The Balaban J connectivity index is 0.00000392. The standard InChI is InChI=1S/C24H37N2O.BrH/c1-7-8-14-25-15-16-26(18-25)23(17-22-12-10-9-11-13-22)27-21(6)24(19(2)3)20(4)5;/h9-13,15-16,18-20,23H,7-8,14,17H2,1-6H3;1H/q+1;/p-1. The SMILES string of the molecule is CCCC[n+]1ccn(C(Cc2ccccc2)OC(C)=C(C(C)C)C(C)C)c1.[Br-]. The lowest BCUT2D eigenvalue weighted by Gasteiger charge is -2.23. The number of rotatable bonds is 10. The highest BCUT2D eigenvalue weighted by Crippen LogP contribution is 2.28. The molecule has 1 aromatic carbocycles. The molecule has 0 spiro atoms.